The first kappa shape index (κ1) is 21.1. The van der Waals surface area contributed by atoms with Gasteiger partial charge in [0.15, 0.2) is 6.20 Å². The highest BCUT2D eigenvalue weighted by atomic mass is 14.9. The van der Waals surface area contributed by atoms with Crippen LogP contribution in [0.2, 0.25) is 0 Å². The molecular formula is C30H32N+. The highest BCUT2D eigenvalue weighted by molar-refractivity contribution is 5.82. The minimum absolute atomic E-state index is 1.24. The Bertz CT molecular complexity index is 1290. The first-order chi connectivity index (χ1) is 14.8. The zero-order chi connectivity index (χ0) is 22.3. The summed E-state index contributed by atoms with van der Waals surface area (Å²) in [4.78, 5) is 0. The maximum atomic E-state index is 2.37. The Hall–Kier alpha value is -3.19. The second kappa shape index (κ2) is 8.15. The first-order valence-corrected chi connectivity index (χ1v) is 11.0. The normalized spacial score (nSPS) is 11.1. The maximum Gasteiger partial charge on any atom is 0.213 e. The average Bonchev–Trinajstić information content (AvgIpc) is 2.71. The summed E-state index contributed by atoms with van der Waals surface area (Å²) in [5, 5.41) is 0. The average molecular weight is 407 g/mol. The third kappa shape index (κ3) is 3.81. The molecule has 156 valence electrons. The van der Waals surface area contributed by atoms with E-state index in [-0.39, 0.29) is 0 Å². The van der Waals surface area contributed by atoms with Gasteiger partial charge in [-0.1, -0.05) is 54.1 Å². The molecule has 1 nitrogen and oxygen atoms in total. The van der Waals surface area contributed by atoms with E-state index >= 15 is 0 Å². The Kier molecular flexibility index (Phi) is 5.54. The summed E-state index contributed by atoms with van der Waals surface area (Å²) in [5.74, 6) is 0. The maximum absolute atomic E-state index is 2.37. The molecule has 0 bridgehead atoms. The van der Waals surface area contributed by atoms with Gasteiger partial charge in [0.25, 0.3) is 0 Å². The van der Waals surface area contributed by atoms with Gasteiger partial charge >= 0.3 is 0 Å². The van der Waals surface area contributed by atoms with Crippen LogP contribution < -0.4 is 4.57 Å². The van der Waals surface area contributed by atoms with Crippen molar-refractivity contribution in [3.8, 4) is 33.5 Å². The molecule has 0 saturated carbocycles. The van der Waals surface area contributed by atoms with E-state index in [0.29, 0.717) is 0 Å². The zero-order valence-corrected chi connectivity index (χ0v) is 19.8. The number of benzene rings is 3. The lowest BCUT2D eigenvalue weighted by molar-refractivity contribution is -0.660. The van der Waals surface area contributed by atoms with E-state index in [9.17, 15) is 0 Å². The van der Waals surface area contributed by atoms with Gasteiger partial charge in [-0.25, -0.2) is 4.57 Å². The highest BCUT2D eigenvalue weighted by Crippen LogP contribution is 2.36. The molecule has 0 amide bonds. The molecule has 1 heteroatoms. The molecule has 0 saturated heterocycles. The summed E-state index contributed by atoms with van der Waals surface area (Å²) in [6.07, 6.45) is 2.26. The number of nitrogens with zero attached hydrogens (tertiary/aromatic N) is 1. The summed E-state index contributed by atoms with van der Waals surface area (Å²) in [6, 6.07) is 22.3. The minimum Gasteiger partial charge on any atom is -0.201 e. The zero-order valence-electron chi connectivity index (χ0n) is 19.8. The van der Waals surface area contributed by atoms with Crippen LogP contribution in [0, 0.1) is 41.5 Å². The lowest BCUT2D eigenvalue weighted by atomic mass is 9.88. The van der Waals surface area contributed by atoms with Crippen LogP contribution in [0.25, 0.3) is 33.5 Å². The van der Waals surface area contributed by atoms with Crippen molar-refractivity contribution in [3.63, 3.8) is 0 Å². The number of pyridine rings is 1. The van der Waals surface area contributed by atoms with Crippen molar-refractivity contribution in [2.75, 3.05) is 0 Å². The molecule has 1 heterocycles. The fourth-order valence-electron chi connectivity index (χ4n) is 4.85. The van der Waals surface area contributed by atoms with Crippen LogP contribution in [0.3, 0.4) is 0 Å². The summed E-state index contributed by atoms with van der Waals surface area (Å²) < 4.78 is 2.27. The Balaban J connectivity index is 1.95. The Labute approximate surface area is 187 Å². The van der Waals surface area contributed by atoms with Crippen LogP contribution >= 0.6 is 0 Å². The fourth-order valence-corrected chi connectivity index (χ4v) is 4.85. The molecule has 3 aromatic carbocycles. The quantitative estimate of drug-likeness (QED) is 0.313. The summed E-state index contributed by atoms with van der Waals surface area (Å²) in [7, 11) is 2.15. The second-order valence-electron chi connectivity index (χ2n) is 8.93. The summed E-state index contributed by atoms with van der Waals surface area (Å²) in [5.41, 5.74) is 15.7. The van der Waals surface area contributed by atoms with Crippen molar-refractivity contribution in [1.29, 1.82) is 0 Å². The molecule has 0 radical (unpaired) electrons. The van der Waals surface area contributed by atoms with Gasteiger partial charge in [0.1, 0.15) is 7.05 Å². The molecule has 1 aromatic heterocycles. The van der Waals surface area contributed by atoms with Crippen molar-refractivity contribution in [3.05, 3.63) is 100 Å². The van der Waals surface area contributed by atoms with Gasteiger partial charge in [-0.05, 0) is 92.1 Å². The molecule has 0 spiro atoms. The molecule has 4 rings (SSSR count). The van der Waals surface area contributed by atoms with Crippen LogP contribution in [0.5, 0.6) is 0 Å². The van der Waals surface area contributed by atoms with Crippen LogP contribution in [0.15, 0.2) is 66.9 Å². The van der Waals surface area contributed by atoms with E-state index in [1.54, 1.807) is 0 Å². The van der Waals surface area contributed by atoms with Gasteiger partial charge in [0.05, 0.1) is 0 Å². The van der Waals surface area contributed by atoms with Crippen molar-refractivity contribution >= 4 is 0 Å². The third-order valence-electron chi connectivity index (χ3n) is 6.51. The van der Waals surface area contributed by atoms with Crippen LogP contribution in [0.4, 0.5) is 0 Å². The van der Waals surface area contributed by atoms with Gasteiger partial charge in [0, 0.05) is 17.2 Å². The monoisotopic (exact) mass is 406 g/mol. The van der Waals surface area contributed by atoms with E-state index in [2.05, 4.69) is 120 Å². The van der Waals surface area contributed by atoms with Gasteiger partial charge in [-0.2, -0.15) is 0 Å². The van der Waals surface area contributed by atoms with Gasteiger partial charge in [-0.3, -0.25) is 0 Å². The van der Waals surface area contributed by atoms with Crippen LogP contribution in [-0.4, -0.2) is 0 Å². The lowest BCUT2D eigenvalue weighted by Gasteiger charge is -2.17. The topological polar surface area (TPSA) is 3.88 Å². The molecule has 4 aromatic rings. The largest absolute Gasteiger partial charge is 0.213 e. The van der Waals surface area contributed by atoms with E-state index in [0.717, 1.165) is 0 Å². The van der Waals surface area contributed by atoms with Crippen molar-refractivity contribution in [2.24, 2.45) is 7.05 Å². The fraction of sp³-hybridized carbons (Fsp3) is 0.233. The Morgan fingerprint density at radius 1 is 0.548 bits per heavy atom. The SMILES string of the molecule is Cc1ccc(-c2cc(-c3ccc(C)c(-c4ccccc4C)c3C)[n+](C)cc2C)c(C)c1. The van der Waals surface area contributed by atoms with Gasteiger partial charge in [0.2, 0.25) is 5.69 Å². The molecule has 0 atom stereocenters. The molecule has 0 fully saturated rings. The minimum atomic E-state index is 1.24. The van der Waals surface area contributed by atoms with Gasteiger partial charge in [-0.15, -0.1) is 0 Å². The standard InChI is InChI=1S/C30H32N/c1-19-12-14-25(22(4)16-19)28-17-29(31(7)18-23(28)5)27-15-13-21(3)30(24(27)6)26-11-9-8-10-20(26)2/h8-18H,1-7H3/q+1. The predicted molar refractivity (Wildman–Crippen MR) is 132 cm³/mol. The van der Waals surface area contributed by atoms with E-state index in [1.807, 2.05) is 0 Å². The Morgan fingerprint density at radius 2 is 1.26 bits per heavy atom. The van der Waals surface area contributed by atoms with E-state index in [1.165, 1.54) is 66.9 Å². The molecular weight excluding hydrogens is 374 g/mol. The Morgan fingerprint density at radius 3 is 1.97 bits per heavy atom. The predicted octanol–water partition coefficient (Wildman–Crippen LogP) is 7.36. The third-order valence-corrected chi connectivity index (χ3v) is 6.51. The molecule has 31 heavy (non-hydrogen) atoms. The number of hydrogen-bond acceptors (Lipinski definition) is 0. The summed E-state index contributed by atoms with van der Waals surface area (Å²) >= 11 is 0. The molecule has 0 aliphatic heterocycles. The molecule has 0 unspecified atom stereocenters. The number of rotatable bonds is 3. The summed E-state index contributed by atoms with van der Waals surface area (Å²) in [6.45, 7) is 13.3. The highest BCUT2D eigenvalue weighted by Gasteiger charge is 2.20. The van der Waals surface area contributed by atoms with Crippen molar-refractivity contribution < 1.29 is 4.57 Å². The second-order valence-corrected chi connectivity index (χ2v) is 8.93. The molecule has 0 aliphatic rings. The smallest absolute Gasteiger partial charge is 0.201 e. The van der Waals surface area contributed by atoms with Crippen LogP contribution in [-0.2, 0) is 7.05 Å². The lowest BCUT2D eigenvalue weighted by Crippen LogP contribution is -2.31. The van der Waals surface area contributed by atoms with Crippen LogP contribution in [0.1, 0.15) is 33.4 Å². The van der Waals surface area contributed by atoms with E-state index < -0.39 is 0 Å². The van der Waals surface area contributed by atoms with Crippen molar-refractivity contribution in [1.82, 2.24) is 0 Å². The van der Waals surface area contributed by atoms with E-state index in [4.69, 9.17) is 0 Å². The molecule has 0 aliphatic carbocycles. The number of aryl methyl sites for hydroxylation is 6. The van der Waals surface area contributed by atoms with Crippen molar-refractivity contribution in [2.45, 2.75) is 41.5 Å². The molecule has 0 N–H and O–H groups in total. The first-order valence-electron chi connectivity index (χ1n) is 11.0. The number of hydrogen-bond donors (Lipinski definition) is 0. The number of aromatic nitrogens is 1. The van der Waals surface area contributed by atoms with Gasteiger partial charge < -0.3 is 0 Å².